The number of hydrogen-bond acceptors (Lipinski definition) is 4. The first-order chi connectivity index (χ1) is 11.4. The summed E-state index contributed by atoms with van der Waals surface area (Å²) in [6.07, 6.45) is 0.345. The van der Waals surface area contributed by atoms with E-state index in [0.717, 1.165) is 23.4 Å². The van der Waals surface area contributed by atoms with Gasteiger partial charge in [0.1, 0.15) is 11.3 Å². The summed E-state index contributed by atoms with van der Waals surface area (Å²) in [7, 11) is 3.33. The predicted octanol–water partition coefficient (Wildman–Crippen LogP) is 3.24. The second-order valence-electron chi connectivity index (χ2n) is 5.33. The maximum absolute atomic E-state index is 12.9. The molecule has 0 saturated carbocycles. The molecule has 0 amide bonds. The summed E-state index contributed by atoms with van der Waals surface area (Å²) in [5.41, 5.74) is 1.50. The lowest BCUT2D eigenvalue weighted by atomic mass is 10.1. The maximum Gasteiger partial charge on any atom is 0.417 e. The second kappa shape index (κ2) is 6.20. The van der Waals surface area contributed by atoms with Crippen LogP contribution in [0.4, 0.5) is 13.2 Å². The molecule has 0 atom stereocenters. The number of fused-ring (bicyclic) bond motifs is 1. The molecule has 0 spiro atoms. The highest BCUT2D eigenvalue weighted by atomic mass is 19.4. The molecule has 0 aliphatic rings. The molecule has 0 aromatic carbocycles. The first-order valence-electron chi connectivity index (χ1n) is 7.23. The quantitative estimate of drug-likeness (QED) is 0.734. The zero-order chi connectivity index (χ0) is 17.3. The lowest BCUT2D eigenvalue weighted by Crippen LogP contribution is -2.05. The molecular formula is C16H15F3N4O. The van der Waals surface area contributed by atoms with Gasteiger partial charge in [0.2, 0.25) is 0 Å². The molecule has 8 heteroatoms. The lowest BCUT2D eigenvalue weighted by Gasteiger charge is -2.08. The van der Waals surface area contributed by atoms with E-state index >= 15 is 0 Å². The minimum absolute atomic E-state index is 0.205. The van der Waals surface area contributed by atoms with Crippen molar-refractivity contribution in [2.45, 2.75) is 12.6 Å². The van der Waals surface area contributed by atoms with Crippen molar-refractivity contribution < 1.29 is 17.9 Å². The van der Waals surface area contributed by atoms with Crippen LogP contribution in [0.1, 0.15) is 11.1 Å². The van der Waals surface area contributed by atoms with Gasteiger partial charge in [-0.1, -0.05) is 0 Å². The normalized spacial score (nSPS) is 12.0. The van der Waals surface area contributed by atoms with Crippen molar-refractivity contribution in [3.8, 4) is 11.4 Å². The molecule has 0 saturated heterocycles. The highest BCUT2D eigenvalue weighted by molar-refractivity contribution is 5.78. The van der Waals surface area contributed by atoms with E-state index in [-0.39, 0.29) is 5.52 Å². The summed E-state index contributed by atoms with van der Waals surface area (Å²) in [5.74, 6) is 0.547. The number of pyridine rings is 2. The van der Waals surface area contributed by atoms with E-state index in [1.54, 1.807) is 37.2 Å². The van der Waals surface area contributed by atoms with Gasteiger partial charge in [-0.15, -0.1) is 0 Å². The molecule has 0 unspecified atom stereocenters. The van der Waals surface area contributed by atoms with Crippen LogP contribution in [-0.4, -0.2) is 33.2 Å². The minimum Gasteiger partial charge on any atom is -0.384 e. The first kappa shape index (κ1) is 16.4. The zero-order valence-corrected chi connectivity index (χ0v) is 13.1. The van der Waals surface area contributed by atoms with Crippen LogP contribution >= 0.6 is 0 Å². The van der Waals surface area contributed by atoms with Crippen molar-refractivity contribution >= 4 is 11.2 Å². The molecule has 0 N–H and O–H groups in total. The average Bonchev–Trinajstić information content (AvgIpc) is 2.89. The highest BCUT2D eigenvalue weighted by Crippen LogP contribution is 2.32. The Kier molecular flexibility index (Phi) is 4.23. The predicted molar refractivity (Wildman–Crippen MR) is 82.3 cm³/mol. The molecule has 0 aliphatic heterocycles. The van der Waals surface area contributed by atoms with Gasteiger partial charge in [0.15, 0.2) is 5.65 Å². The standard InChI is InChI=1S/C16H15F3N4O/c1-23-14(12-3-5-20-8-10(12)4-6-24-2)22-13-7-11(16(17,18)19)9-21-15(13)23/h3,5,7-9H,4,6H2,1-2H3. The van der Waals surface area contributed by atoms with Gasteiger partial charge in [-0.05, 0) is 24.1 Å². The molecule has 0 radical (unpaired) electrons. The van der Waals surface area contributed by atoms with E-state index in [1.165, 1.54) is 0 Å². The van der Waals surface area contributed by atoms with Gasteiger partial charge in [-0.3, -0.25) is 4.98 Å². The monoisotopic (exact) mass is 336 g/mol. The Labute approximate surface area is 136 Å². The maximum atomic E-state index is 12.9. The Bertz CT molecular complexity index is 873. The van der Waals surface area contributed by atoms with Crippen molar-refractivity contribution in [2.75, 3.05) is 13.7 Å². The van der Waals surface area contributed by atoms with Gasteiger partial charge in [0.25, 0.3) is 0 Å². The van der Waals surface area contributed by atoms with Gasteiger partial charge in [-0.25, -0.2) is 9.97 Å². The Morgan fingerprint density at radius 3 is 2.75 bits per heavy atom. The molecule has 0 fully saturated rings. The van der Waals surface area contributed by atoms with Gasteiger partial charge in [0.05, 0.1) is 12.2 Å². The number of aromatic nitrogens is 4. The van der Waals surface area contributed by atoms with Crippen LogP contribution in [0.15, 0.2) is 30.7 Å². The number of nitrogens with zero attached hydrogens (tertiary/aromatic N) is 4. The Balaban J connectivity index is 2.12. The van der Waals surface area contributed by atoms with Crippen molar-refractivity contribution in [1.82, 2.24) is 19.5 Å². The van der Waals surface area contributed by atoms with Crippen LogP contribution in [0, 0.1) is 0 Å². The number of halogens is 3. The van der Waals surface area contributed by atoms with E-state index < -0.39 is 11.7 Å². The first-order valence-corrected chi connectivity index (χ1v) is 7.23. The van der Waals surface area contributed by atoms with Crippen molar-refractivity contribution in [3.63, 3.8) is 0 Å². The van der Waals surface area contributed by atoms with Crippen LogP contribution in [0.25, 0.3) is 22.6 Å². The highest BCUT2D eigenvalue weighted by Gasteiger charge is 2.31. The molecule has 126 valence electrons. The Morgan fingerprint density at radius 2 is 2.04 bits per heavy atom. The van der Waals surface area contributed by atoms with E-state index in [4.69, 9.17) is 4.74 Å². The van der Waals surface area contributed by atoms with Gasteiger partial charge in [0, 0.05) is 38.3 Å². The van der Waals surface area contributed by atoms with Gasteiger partial charge in [-0.2, -0.15) is 13.2 Å². The zero-order valence-electron chi connectivity index (χ0n) is 13.1. The lowest BCUT2D eigenvalue weighted by molar-refractivity contribution is -0.137. The fourth-order valence-corrected chi connectivity index (χ4v) is 2.53. The number of methoxy groups -OCH3 is 1. The molecule has 0 aliphatic carbocycles. The van der Waals surface area contributed by atoms with Crippen LogP contribution < -0.4 is 0 Å². The summed E-state index contributed by atoms with van der Waals surface area (Å²) in [4.78, 5) is 12.4. The molecule has 5 nitrogen and oxygen atoms in total. The molecule has 3 rings (SSSR count). The van der Waals surface area contributed by atoms with Crippen molar-refractivity contribution in [1.29, 1.82) is 0 Å². The van der Waals surface area contributed by atoms with Crippen LogP contribution in [0.3, 0.4) is 0 Å². The smallest absolute Gasteiger partial charge is 0.384 e. The number of ether oxygens (including phenoxy) is 1. The number of hydrogen-bond donors (Lipinski definition) is 0. The topological polar surface area (TPSA) is 52.8 Å². The van der Waals surface area contributed by atoms with E-state index in [1.807, 2.05) is 0 Å². The molecule has 3 aromatic heterocycles. The molecular weight excluding hydrogens is 321 g/mol. The molecule has 3 heterocycles. The van der Waals surface area contributed by atoms with Crippen LogP contribution in [-0.2, 0) is 24.4 Å². The average molecular weight is 336 g/mol. The van der Waals surface area contributed by atoms with E-state index in [2.05, 4.69) is 15.0 Å². The summed E-state index contributed by atoms with van der Waals surface area (Å²) in [5, 5.41) is 0. The molecule has 0 bridgehead atoms. The van der Waals surface area contributed by atoms with Crippen LogP contribution in [0.5, 0.6) is 0 Å². The van der Waals surface area contributed by atoms with Gasteiger partial charge >= 0.3 is 6.18 Å². The molecule has 3 aromatic rings. The number of alkyl halides is 3. The molecule has 24 heavy (non-hydrogen) atoms. The number of imidazole rings is 1. The Morgan fingerprint density at radius 1 is 1.25 bits per heavy atom. The SMILES string of the molecule is COCCc1cnccc1-c1nc2cc(C(F)(F)F)cnc2n1C. The number of rotatable bonds is 4. The summed E-state index contributed by atoms with van der Waals surface area (Å²) in [6.45, 7) is 0.513. The summed E-state index contributed by atoms with van der Waals surface area (Å²) < 4.78 is 45.3. The third-order valence-corrected chi connectivity index (χ3v) is 3.76. The third kappa shape index (κ3) is 2.96. The second-order valence-corrected chi connectivity index (χ2v) is 5.33. The van der Waals surface area contributed by atoms with Gasteiger partial charge < -0.3 is 9.30 Å². The summed E-state index contributed by atoms with van der Waals surface area (Å²) in [6, 6.07) is 2.80. The van der Waals surface area contributed by atoms with Crippen molar-refractivity contribution in [2.24, 2.45) is 7.05 Å². The summed E-state index contributed by atoms with van der Waals surface area (Å²) >= 11 is 0. The van der Waals surface area contributed by atoms with E-state index in [0.29, 0.717) is 24.5 Å². The fourth-order valence-electron chi connectivity index (χ4n) is 2.53. The fraction of sp³-hybridized carbons (Fsp3) is 0.312. The van der Waals surface area contributed by atoms with Crippen LogP contribution in [0.2, 0.25) is 0 Å². The minimum atomic E-state index is -4.45. The largest absolute Gasteiger partial charge is 0.417 e. The van der Waals surface area contributed by atoms with E-state index in [9.17, 15) is 13.2 Å². The third-order valence-electron chi connectivity index (χ3n) is 3.76. The Hall–Kier alpha value is -2.48. The number of aryl methyl sites for hydroxylation is 1. The van der Waals surface area contributed by atoms with Crippen molar-refractivity contribution in [3.05, 3.63) is 41.9 Å².